The van der Waals surface area contributed by atoms with Crippen LogP contribution in [-0.4, -0.2) is 50.8 Å². The molecule has 1 saturated heterocycles. The molecule has 1 aliphatic carbocycles. The Balaban J connectivity index is 1.84. The molecule has 2 aliphatic rings. The van der Waals surface area contributed by atoms with Crippen molar-refractivity contribution in [2.75, 3.05) is 33.8 Å². The molecule has 2 rings (SSSR count). The van der Waals surface area contributed by atoms with Gasteiger partial charge in [-0.25, -0.2) is 0 Å². The number of likely N-dealkylation sites (N-methyl/N-ethyl adjacent to an activating group) is 1. The normalized spacial score (nSPS) is 36.9. The van der Waals surface area contributed by atoms with Gasteiger partial charge in [0.1, 0.15) is 0 Å². The summed E-state index contributed by atoms with van der Waals surface area (Å²) in [7, 11) is 4.25. The minimum atomic E-state index is 0.317. The number of nitrogens with zero attached hydrogens (tertiary/aromatic N) is 1. The van der Waals surface area contributed by atoms with E-state index in [0.29, 0.717) is 17.6 Å². The van der Waals surface area contributed by atoms with Crippen molar-refractivity contribution in [3.8, 4) is 0 Å². The number of ether oxygens (including phenoxy) is 1. The van der Waals surface area contributed by atoms with Crippen molar-refractivity contribution in [3.63, 3.8) is 0 Å². The largest absolute Gasteiger partial charge is 0.377 e. The smallest absolute Gasteiger partial charge is 0.0684 e. The molecule has 16 heavy (non-hydrogen) atoms. The van der Waals surface area contributed by atoms with Crippen LogP contribution in [0.5, 0.6) is 0 Å². The van der Waals surface area contributed by atoms with Crippen LogP contribution in [0.15, 0.2) is 0 Å². The quantitative estimate of drug-likeness (QED) is 0.783. The summed E-state index contributed by atoms with van der Waals surface area (Å²) >= 11 is 0. The number of hydrogen-bond acceptors (Lipinski definition) is 3. The molecule has 1 heterocycles. The van der Waals surface area contributed by atoms with E-state index in [1.807, 2.05) is 0 Å². The molecule has 3 atom stereocenters. The third-order valence-electron chi connectivity index (χ3n) is 4.25. The molecule has 0 aromatic heterocycles. The molecule has 1 saturated carbocycles. The van der Waals surface area contributed by atoms with Crippen LogP contribution in [0.3, 0.4) is 0 Å². The lowest BCUT2D eigenvalue weighted by molar-refractivity contribution is -0.192. The van der Waals surface area contributed by atoms with Gasteiger partial charge in [0.15, 0.2) is 0 Å². The molecule has 0 spiro atoms. The Morgan fingerprint density at radius 2 is 2.12 bits per heavy atom. The molecular formula is C13H26N2O. The van der Waals surface area contributed by atoms with Gasteiger partial charge in [-0.2, -0.15) is 0 Å². The van der Waals surface area contributed by atoms with Gasteiger partial charge in [0.2, 0.25) is 0 Å². The van der Waals surface area contributed by atoms with Crippen molar-refractivity contribution in [1.29, 1.82) is 0 Å². The highest BCUT2D eigenvalue weighted by molar-refractivity contribution is 5.10. The monoisotopic (exact) mass is 226 g/mol. The minimum absolute atomic E-state index is 0.317. The average Bonchev–Trinajstić information content (AvgIpc) is 2.24. The van der Waals surface area contributed by atoms with Crippen molar-refractivity contribution in [2.45, 2.75) is 38.8 Å². The fraction of sp³-hybridized carbons (Fsp3) is 1.00. The molecule has 94 valence electrons. The van der Waals surface area contributed by atoms with Crippen LogP contribution in [-0.2, 0) is 4.74 Å². The van der Waals surface area contributed by atoms with Gasteiger partial charge in [-0.05, 0) is 26.9 Å². The molecule has 3 nitrogen and oxygen atoms in total. The Hall–Kier alpha value is -0.120. The van der Waals surface area contributed by atoms with Gasteiger partial charge >= 0.3 is 0 Å². The Morgan fingerprint density at radius 1 is 1.38 bits per heavy atom. The molecule has 0 amide bonds. The lowest BCUT2D eigenvalue weighted by Crippen LogP contribution is -2.69. The second-order valence-corrected chi connectivity index (χ2v) is 6.15. The molecule has 2 fully saturated rings. The van der Waals surface area contributed by atoms with E-state index in [2.05, 4.69) is 38.2 Å². The summed E-state index contributed by atoms with van der Waals surface area (Å²) < 4.78 is 5.90. The Bertz CT molecular complexity index is 240. The van der Waals surface area contributed by atoms with E-state index in [1.54, 1.807) is 0 Å². The van der Waals surface area contributed by atoms with Crippen LogP contribution in [0.2, 0.25) is 0 Å². The SMILES string of the molecule is CN(C)CCNC1C2CCCOC2C1(C)C. The topological polar surface area (TPSA) is 24.5 Å². The van der Waals surface area contributed by atoms with E-state index in [1.165, 1.54) is 12.8 Å². The highest BCUT2D eigenvalue weighted by atomic mass is 16.5. The van der Waals surface area contributed by atoms with Gasteiger partial charge in [-0.15, -0.1) is 0 Å². The third kappa shape index (κ3) is 2.13. The highest BCUT2D eigenvalue weighted by Gasteiger charge is 2.57. The third-order valence-corrected chi connectivity index (χ3v) is 4.25. The average molecular weight is 226 g/mol. The van der Waals surface area contributed by atoms with Gasteiger partial charge in [0, 0.05) is 37.1 Å². The second kappa shape index (κ2) is 4.63. The molecule has 0 radical (unpaired) electrons. The van der Waals surface area contributed by atoms with Crippen LogP contribution >= 0.6 is 0 Å². The predicted molar refractivity (Wildman–Crippen MR) is 66.6 cm³/mol. The van der Waals surface area contributed by atoms with Gasteiger partial charge in [-0.1, -0.05) is 13.8 Å². The summed E-state index contributed by atoms with van der Waals surface area (Å²) in [4.78, 5) is 2.23. The van der Waals surface area contributed by atoms with E-state index in [9.17, 15) is 0 Å². The highest BCUT2D eigenvalue weighted by Crippen LogP contribution is 2.51. The van der Waals surface area contributed by atoms with Gasteiger partial charge in [0.05, 0.1) is 6.10 Å². The number of hydrogen-bond donors (Lipinski definition) is 1. The predicted octanol–water partition coefficient (Wildman–Crippen LogP) is 1.34. The lowest BCUT2D eigenvalue weighted by Gasteiger charge is -2.60. The molecule has 3 unspecified atom stereocenters. The second-order valence-electron chi connectivity index (χ2n) is 6.15. The molecule has 0 aromatic rings. The summed E-state index contributed by atoms with van der Waals surface area (Å²) in [6.45, 7) is 7.85. The fourth-order valence-electron chi connectivity index (χ4n) is 3.38. The number of fused-ring (bicyclic) bond motifs is 1. The summed E-state index contributed by atoms with van der Waals surface area (Å²) in [5.74, 6) is 0.755. The summed E-state index contributed by atoms with van der Waals surface area (Å²) in [6, 6.07) is 0.651. The number of nitrogens with one attached hydrogen (secondary N) is 1. The Morgan fingerprint density at radius 3 is 2.81 bits per heavy atom. The number of rotatable bonds is 4. The molecule has 0 aromatic carbocycles. The summed E-state index contributed by atoms with van der Waals surface area (Å²) in [5.41, 5.74) is 0.317. The van der Waals surface area contributed by atoms with Gasteiger partial charge in [0.25, 0.3) is 0 Å². The molecular weight excluding hydrogens is 200 g/mol. The first-order valence-electron chi connectivity index (χ1n) is 6.53. The molecule has 1 N–H and O–H groups in total. The van der Waals surface area contributed by atoms with Crippen molar-refractivity contribution < 1.29 is 4.74 Å². The van der Waals surface area contributed by atoms with Crippen molar-refractivity contribution in [2.24, 2.45) is 11.3 Å². The zero-order valence-corrected chi connectivity index (χ0v) is 11.1. The Labute approximate surface area is 99.5 Å². The zero-order chi connectivity index (χ0) is 11.8. The van der Waals surface area contributed by atoms with Crippen LogP contribution in [0.4, 0.5) is 0 Å². The maximum absolute atomic E-state index is 5.90. The van der Waals surface area contributed by atoms with Crippen LogP contribution in [0.1, 0.15) is 26.7 Å². The molecule has 0 bridgehead atoms. The van der Waals surface area contributed by atoms with Crippen molar-refractivity contribution >= 4 is 0 Å². The first kappa shape index (κ1) is 12.3. The van der Waals surface area contributed by atoms with Crippen molar-refractivity contribution in [1.82, 2.24) is 10.2 Å². The maximum atomic E-state index is 5.90. The van der Waals surface area contributed by atoms with Crippen molar-refractivity contribution in [3.05, 3.63) is 0 Å². The van der Waals surface area contributed by atoms with Crippen LogP contribution in [0, 0.1) is 11.3 Å². The van der Waals surface area contributed by atoms with E-state index >= 15 is 0 Å². The maximum Gasteiger partial charge on any atom is 0.0684 e. The van der Waals surface area contributed by atoms with E-state index in [-0.39, 0.29) is 0 Å². The summed E-state index contributed by atoms with van der Waals surface area (Å²) in [5, 5.41) is 3.72. The molecule has 1 aliphatic heterocycles. The van der Waals surface area contributed by atoms with E-state index in [4.69, 9.17) is 4.74 Å². The standard InChI is InChI=1S/C13H26N2O/c1-13(2)11(14-7-8-15(3)4)10-6-5-9-16-12(10)13/h10-12,14H,5-9H2,1-4H3. The first-order valence-corrected chi connectivity index (χ1v) is 6.53. The first-order chi connectivity index (χ1) is 7.53. The van der Waals surface area contributed by atoms with E-state index in [0.717, 1.165) is 25.6 Å². The van der Waals surface area contributed by atoms with Crippen LogP contribution < -0.4 is 5.32 Å². The lowest BCUT2D eigenvalue weighted by atomic mass is 9.55. The van der Waals surface area contributed by atoms with Crippen LogP contribution in [0.25, 0.3) is 0 Å². The minimum Gasteiger partial charge on any atom is -0.377 e. The Kier molecular flexibility index (Phi) is 3.57. The van der Waals surface area contributed by atoms with Gasteiger partial charge in [-0.3, -0.25) is 0 Å². The zero-order valence-electron chi connectivity index (χ0n) is 11.1. The molecule has 3 heteroatoms. The summed E-state index contributed by atoms with van der Waals surface area (Å²) in [6.07, 6.45) is 3.08. The fourth-order valence-corrected chi connectivity index (χ4v) is 3.38. The van der Waals surface area contributed by atoms with Gasteiger partial charge < -0.3 is 15.0 Å². The van der Waals surface area contributed by atoms with E-state index < -0.39 is 0 Å².